The Hall–Kier alpha value is -1.55. The third kappa shape index (κ3) is 1.94. The first-order valence-corrected chi connectivity index (χ1v) is 4.87. The minimum Gasteiger partial charge on any atom is -0.481 e. The summed E-state index contributed by atoms with van der Waals surface area (Å²) in [6, 6.07) is 3.66. The van der Waals surface area contributed by atoms with Crippen molar-refractivity contribution in [2.24, 2.45) is 0 Å². The van der Waals surface area contributed by atoms with Gasteiger partial charge in [0.05, 0.1) is 11.4 Å². The van der Waals surface area contributed by atoms with Crippen LogP contribution in [0.25, 0.3) is 11.0 Å². The van der Waals surface area contributed by atoms with Gasteiger partial charge in [0.1, 0.15) is 5.65 Å². The van der Waals surface area contributed by atoms with Crippen LogP contribution < -0.4 is 0 Å². The fraction of sp³-hybridized carbons (Fsp3) is 0.200. The van der Waals surface area contributed by atoms with Crippen LogP contribution in [0.5, 0.6) is 0 Å². The number of rotatable bonds is 3. The number of hydrogen-bond donors (Lipinski definition) is 1. The predicted molar refractivity (Wildman–Crippen MR) is 57.0 cm³/mol. The number of carbonyl (C=O) groups is 1. The number of halogens is 1. The number of carboxylic acids is 1. The summed E-state index contributed by atoms with van der Waals surface area (Å²) in [4.78, 5) is 14.6. The summed E-state index contributed by atoms with van der Waals surface area (Å²) < 4.78 is 1.76. The van der Waals surface area contributed by atoms with Crippen molar-refractivity contribution in [1.82, 2.24) is 9.55 Å². The molecule has 0 aliphatic heterocycles. The Labute approximate surface area is 91.1 Å². The van der Waals surface area contributed by atoms with Gasteiger partial charge >= 0.3 is 5.97 Å². The van der Waals surface area contributed by atoms with E-state index in [9.17, 15) is 4.79 Å². The molecule has 2 heterocycles. The van der Waals surface area contributed by atoms with Gasteiger partial charge in [-0.2, -0.15) is 0 Å². The number of aromatic nitrogens is 2. The molecule has 0 saturated carbocycles. The minimum atomic E-state index is -0.830. The molecule has 0 saturated heterocycles. The highest BCUT2D eigenvalue weighted by molar-refractivity contribution is 6.35. The number of aliphatic carboxylic acids is 1. The Kier molecular flexibility index (Phi) is 2.60. The zero-order valence-electron chi connectivity index (χ0n) is 7.85. The van der Waals surface area contributed by atoms with Crippen molar-refractivity contribution in [3.05, 3.63) is 29.5 Å². The van der Waals surface area contributed by atoms with Gasteiger partial charge in [-0.1, -0.05) is 11.6 Å². The largest absolute Gasteiger partial charge is 0.481 e. The minimum absolute atomic E-state index is 0.0662. The molecule has 0 unspecified atom stereocenters. The molecule has 4 nitrogen and oxygen atoms in total. The molecule has 0 radical (unpaired) electrons. The summed E-state index contributed by atoms with van der Waals surface area (Å²) >= 11 is 5.98. The van der Waals surface area contributed by atoms with Gasteiger partial charge in [0, 0.05) is 24.3 Å². The lowest BCUT2D eigenvalue weighted by Crippen LogP contribution is -2.03. The van der Waals surface area contributed by atoms with E-state index in [0.29, 0.717) is 11.6 Å². The Morgan fingerprint density at radius 2 is 2.40 bits per heavy atom. The molecule has 0 aromatic carbocycles. The highest BCUT2D eigenvalue weighted by Crippen LogP contribution is 2.23. The van der Waals surface area contributed by atoms with Crippen LogP contribution in [0.1, 0.15) is 6.42 Å². The van der Waals surface area contributed by atoms with Crippen molar-refractivity contribution >= 4 is 28.6 Å². The molecule has 2 rings (SSSR count). The van der Waals surface area contributed by atoms with Gasteiger partial charge in [0.15, 0.2) is 0 Å². The molecule has 15 heavy (non-hydrogen) atoms. The van der Waals surface area contributed by atoms with Crippen molar-refractivity contribution in [1.29, 1.82) is 0 Å². The van der Waals surface area contributed by atoms with Crippen LogP contribution in [-0.2, 0) is 11.3 Å². The molecule has 2 aromatic rings. The molecule has 78 valence electrons. The SMILES string of the molecule is O=C(O)CCn1cc(Cl)c2cccnc21. The quantitative estimate of drug-likeness (QED) is 0.869. The number of fused-ring (bicyclic) bond motifs is 1. The molecule has 0 fully saturated rings. The van der Waals surface area contributed by atoms with Gasteiger partial charge in [-0.05, 0) is 12.1 Å². The van der Waals surface area contributed by atoms with Crippen LogP contribution >= 0.6 is 11.6 Å². The second kappa shape index (κ2) is 3.90. The fourth-order valence-corrected chi connectivity index (χ4v) is 1.73. The maximum Gasteiger partial charge on any atom is 0.305 e. The third-order valence-corrected chi connectivity index (χ3v) is 2.45. The summed E-state index contributed by atoms with van der Waals surface area (Å²) in [5, 5.41) is 10.0. The molecule has 0 bridgehead atoms. The summed E-state index contributed by atoms with van der Waals surface area (Å²) in [6.45, 7) is 0.384. The zero-order chi connectivity index (χ0) is 10.8. The fourth-order valence-electron chi connectivity index (χ4n) is 1.47. The average Bonchev–Trinajstić information content (AvgIpc) is 2.54. The number of hydrogen-bond acceptors (Lipinski definition) is 2. The van der Waals surface area contributed by atoms with Gasteiger partial charge in [-0.25, -0.2) is 4.98 Å². The summed E-state index contributed by atoms with van der Waals surface area (Å²) in [5.74, 6) is -0.830. The van der Waals surface area contributed by atoms with Gasteiger partial charge < -0.3 is 9.67 Å². The average molecular weight is 225 g/mol. The highest BCUT2D eigenvalue weighted by atomic mass is 35.5. The molecule has 0 atom stereocenters. The molecule has 0 aliphatic carbocycles. The van der Waals surface area contributed by atoms with Gasteiger partial charge in [0.25, 0.3) is 0 Å². The molecule has 2 aromatic heterocycles. The standard InChI is InChI=1S/C10H9ClN2O2/c11-8-6-13(5-3-9(14)15)10-7(8)2-1-4-12-10/h1-2,4,6H,3,5H2,(H,14,15). The monoisotopic (exact) mass is 224 g/mol. The second-order valence-electron chi connectivity index (χ2n) is 3.19. The summed E-state index contributed by atoms with van der Waals surface area (Å²) in [5.41, 5.74) is 0.726. The Morgan fingerprint density at radius 3 is 3.13 bits per heavy atom. The lowest BCUT2D eigenvalue weighted by atomic mass is 10.3. The number of pyridine rings is 1. The molecule has 5 heteroatoms. The normalized spacial score (nSPS) is 10.7. The van der Waals surface area contributed by atoms with E-state index in [2.05, 4.69) is 4.98 Å². The number of carboxylic acid groups (broad SMARTS) is 1. The Balaban J connectivity index is 2.39. The van der Waals surface area contributed by atoms with Crippen LogP contribution in [0, 0.1) is 0 Å². The van der Waals surface area contributed by atoms with Crippen molar-refractivity contribution in [3.63, 3.8) is 0 Å². The van der Waals surface area contributed by atoms with Crippen LogP contribution in [0.15, 0.2) is 24.5 Å². The van der Waals surface area contributed by atoms with Crippen LogP contribution in [0.3, 0.4) is 0 Å². The Morgan fingerprint density at radius 1 is 1.60 bits per heavy atom. The van der Waals surface area contributed by atoms with E-state index in [1.807, 2.05) is 6.07 Å². The molecule has 0 spiro atoms. The van der Waals surface area contributed by atoms with E-state index in [1.54, 1.807) is 23.0 Å². The number of nitrogens with zero attached hydrogens (tertiary/aromatic N) is 2. The topological polar surface area (TPSA) is 55.1 Å². The van der Waals surface area contributed by atoms with E-state index < -0.39 is 5.97 Å². The van der Waals surface area contributed by atoms with Crippen molar-refractivity contribution in [3.8, 4) is 0 Å². The third-order valence-electron chi connectivity index (χ3n) is 2.15. The van der Waals surface area contributed by atoms with Gasteiger partial charge in [-0.15, -0.1) is 0 Å². The highest BCUT2D eigenvalue weighted by Gasteiger charge is 2.07. The van der Waals surface area contributed by atoms with Crippen LogP contribution in [0.4, 0.5) is 0 Å². The molecular formula is C10H9ClN2O2. The van der Waals surface area contributed by atoms with E-state index in [1.165, 1.54) is 0 Å². The number of aryl methyl sites for hydroxylation is 1. The van der Waals surface area contributed by atoms with Crippen LogP contribution in [0.2, 0.25) is 5.02 Å². The van der Waals surface area contributed by atoms with Gasteiger partial charge in [0.2, 0.25) is 0 Å². The van der Waals surface area contributed by atoms with Gasteiger partial charge in [-0.3, -0.25) is 4.79 Å². The van der Waals surface area contributed by atoms with Crippen molar-refractivity contribution in [2.45, 2.75) is 13.0 Å². The van der Waals surface area contributed by atoms with E-state index in [0.717, 1.165) is 11.0 Å². The van der Waals surface area contributed by atoms with Crippen molar-refractivity contribution < 1.29 is 9.90 Å². The first kappa shape index (κ1) is 9.98. The lowest BCUT2D eigenvalue weighted by Gasteiger charge is -2.00. The predicted octanol–water partition coefficient (Wildman–Crippen LogP) is 2.16. The van der Waals surface area contributed by atoms with Crippen molar-refractivity contribution in [2.75, 3.05) is 0 Å². The molecule has 0 aliphatic rings. The van der Waals surface area contributed by atoms with E-state index in [-0.39, 0.29) is 6.42 Å². The van der Waals surface area contributed by atoms with Crippen LogP contribution in [-0.4, -0.2) is 20.6 Å². The lowest BCUT2D eigenvalue weighted by molar-refractivity contribution is -0.137. The second-order valence-corrected chi connectivity index (χ2v) is 3.60. The van der Waals surface area contributed by atoms with E-state index >= 15 is 0 Å². The van der Waals surface area contributed by atoms with E-state index in [4.69, 9.17) is 16.7 Å². The maximum atomic E-state index is 10.4. The first-order chi connectivity index (χ1) is 7.18. The zero-order valence-corrected chi connectivity index (χ0v) is 8.61. The Bertz CT molecular complexity index is 507. The summed E-state index contributed by atoms with van der Waals surface area (Å²) in [7, 11) is 0. The maximum absolute atomic E-state index is 10.4. The molecule has 1 N–H and O–H groups in total. The molecule has 0 amide bonds. The summed E-state index contributed by atoms with van der Waals surface area (Å²) in [6.07, 6.45) is 3.44. The smallest absolute Gasteiger partial charge is 0.305 e. The first-order valence-electron chi connectivity index (χ1n) is 4.49. The molecular weight excluding hydrogens is 216 g/mol.